The molecular formula is C17H19FO7. The standard InChI is InChI=1S/C17H19FO7/c1-9(19)22-8-14-16(23-10(2)20)17(24-11(3)21)15(25-14)12-4-6-13(18)7-5-12/h4-7,14-17H,8H2,1-3H3/t14-,15?,16-,17+/m1/s1. The van der Waals surface area contributed by atoms with Gasteiger partial charge in [0.05, 0.1) is 0 Å². The lowest BCUT2D eigenvalue weighted by Crippen LogP contribution is -2.40. The fourth-order valence-corrected chi connectivity index (χ4v) is 2.64. The van der Waals surface area contributed by atoms with E-state index in [-0.39, 0.29) is 6.61 Å². The van der Waals surface area contributed by atoms with Crippen LogP contribution in [0.5, 0.6) is 0 Å². The molecule has 1 aliphatic heterocycles. The summed E-state index contributed by atoms with van der Waals surface area (Å²) < 4.78 is 34.4. The summed E-state index contributed by atoms with van der Waals surface area (Å²) in [7, 11) is 0. The van der Waals surface area contributed by atoms with Gasteiger partial charge in [-0.1, -0.05) is 12.1 Å². The Hall–Kier alpha value is -2.48. The van der Waals surface area contributed by atoms with E-state index < -0.39 is 48.1 Å². The lowest BCUT2D eigenvalue weighted by Gasteiger charge is -2.23. The summed E-state index contributed by atoms with van der Waals surface area (Å²) in [5.41, 5.74) is 0.537. The smallest absolute Gasteiger partial charge is 0.303 e. The van der Waals surface area contributed by atoms with Gasteiger partial charge in [-0.25, -0.2) is 4.39 Å². The van der Waals surface area contributed by atoms with Gasteiger partial charge in [0.1, 0.15) is 24.6 Å². The quantitative estimate of drug-likeness (QED) is 0.587. The molecule has 0 aliphatic carbocycles. The fraction of sp³-hybridized carbons (Fsp3) is 0.471. The van der Waals surface area contributed by atoms with Crippen molar-refractivity contribution in [2.24, 2.45) is 0 Å². The van der Waals surface area contributed by atoms with Crippen LogP contribution < -0.4 is 0 Å². The summed E-state index contributed by atoms with van der Waals surface area (Å²) in [6.07, 6.45) is -3.54. The minimum absolute atomic E-state index is 0.178. The predicted molar refractivity (Wildman–Crippen MR) is 81.8 cm³/mol. The molecule has 1 unspecified atom stereocenters. The van der Waals surface area contributed by atoms with Crippen LogP contribution in [0.15, 0.2) is 24.3 Å². The third kappa shape index (κ3) is 4.99. The summed E-state index contributed by atoms with van der Waals surface area (Å²) in [6.45, 7) is 3.48. The highest BCUT2D eigenvalue weighted by Crippen LogP contribution is 2.37. The molecule has 2 rings (SSSR count). The highest BCUT2D eigenvalue weighted by Gasteiger charge is 2.50. The molecule has 0 amide bonds. The average molecular weight is 354 g/mol. The summed E-state index contributed by atoms with van der Waals surface area (Å²) >= 11 is 0. The Morgan fingerprint density at radius 2 is 1.52 bits per heavy atom. The van der Waals surface area contributed by atoms with Crippen LogP contribution in [0.1, 0.15) is 32.4 Å². The number of halogens is 1. The molecule has 1 heterocycles. The van der Waals surface area contributed by atoms with Crippen molar-refractivity contribution in [3.8, 4) is 0 Å². The van der Waals surface area contributed by atoms with E-state index in [4.69, 9.17) is 18.9 Å². The molecular weight excluding hydrogens is 335 g/mol. The molecule has 7 nitrogen and oxygen atoms in total. The summed E-state index contributed by atoms with van der Waals surface area (Å²) in [5.74, 6) is -2.15. The van der Waals surface area contributed by atoms with E-state index in [1.165, 1.54) is 45.0 Å². The van der Waals surface area contributed by atoms with Crippen molar-refractivity contribution >= 4 is 17.9 Å². The van der Waals surface area contributed by atoms with Crippen LogP contribution in [-0.2, 0) is 33.3 Å². The Labute approximate surface area is 144 Å². The van der Waals surface area contributed by atoms with E-state index in [0.717, 1.165) is 0 Å². The zero-order valence-corrected chi connectivity index (χ0v) is 14.1. The molecule has 0 N–H and O–H groups in total. The molecule has 1 saturated heterocycles. The largest absolute Gasteiger partial charge is 0.463 e. The maximum Gasteiger partial charge on any atom is 0.303 e. The van der Waals surface area contributed by atoms with Gasteiger partial charge in [0, 0.05) is 20.8 Å². The number of esters is 3. The third-order valence-electron chi connectivity index (χ3n) is 3.56. The molecule has 1 aromatic rings. The van der Waals surface area contributed by atoms with E-state index in [1.54, 1.807) is 0 Å². The van der Waals surface area contributed by atoms with Gasteiger partial charge in [0.25, 0.3) is 0 Å². The van der Waals surface area contributed by atoms with Crippen molar-refractivity contribution in [1.29, 1.82) is 0 Å². The molecule has 0 spiro atoms. The normalized spacial score (nSPS) is 25.3. The zero-order chi connectivity index (χ0) is 18.6. The Bertz CT molecular complexity index is 643. The van der Waals surface area contributed by atoms with Gasteiger partial charge >= 0.3 is 17.9 Å². The Kier molecular flexibility index (Phi) is 6.08. The molecule has 4 atom stereocenters. The van der Waals surface area contributed by atoms with Crippen molar-refractivity contribution in [1.82, 2.24) is 0 Å². The molecule has 8 heteroatoms. The van der Waals surface area contributed by atoms with Gasteiger partial charge in [-0.05, 0) is 17.7 Å². The minimum atomic E-state index is -0.962. The Morgan fingerprint density at radius 1 is 0.960 bits per heavy atom. The highest BCUT2D eigenvalue weighted by molar-refractivity contribution is 5.68. The minimum Gasteiger partial charge on any atom is -0.463 e. The first kappa shape index (κ1) is 18.9. The SMILES string of the molecule is CC(=O)OC[C@H]1OC(c2ccc(F)cc2)[C@H](OC(C)=O)[C@@H]1OC(C)=O. The van der Waals surface area contributed by atoms with Crippen LogP contribution in [0.4, 0.5) is 4.39 Å². The van der Waals surface area contributed by atoms with Crippen molar-refractivity contribution < 1.29 is 37.7 Å². The van der Waals surface area contributed by atoms with Crippen molar-refractivity contribution in [2.45, 2.75) is 45.2 Å². The number of hydrogen-bond acceptors (Lipinski definition) is 7. The average Bonchev–Trinajstić information content (AvgIpc) is 2.83. The summed E-state index contributed by atoms with van der Waals surface area (Å²) in [6, 6.07) is 5.44. The maximum absolute atomic E-state index is 13.2. The lowest BCUT2D eigenvalue weighted by atomic mass is 10.0. The fourth-order valence-electron chi connectivity index (χ4n) is 2.64. The van der Waals surface area contributed by atoms with Gasteiger partial charge in [-0.3, -0.25) is 14.4 Å². The molecule has 0 bridgehead atoms. The maximum atomic E-state index is 13.2. The predicted octanol–water partition coefficient (Wildman–Crippen LogP) is 1.69. The molecule has 0 radical (unpaired) electrons. The highest BCUT2D eigenvalue weighted by atomic mass is 19.1. The van der Waals surface area contributed by atoms with Crippen LogP contribution in [0, 0.1) is 5.82 Å². The second-order valence-electron chi connectivity index (χ2n) is 5.60. The van der Waals surface area contributed by atoms with Crippen LogP contribution in [0.25, 0.3) is 0 Å². The molecule has 25 heavy (non-hydrogen) atoms. The van der Waals surface area contributed by atoms with E-state index in [0.29, 0.717) is 5.56 Å². The Morgan fingerprint density at radius 3 is 2.04 bits per heavy atom. The van der Waals surface area contributed by atoms with E-state index in [9.17, 15) is 18.8 Å². The Balaban J connectivity index is 2.31. The third-order valence-corrected chi connectivity index (χ3v) is 3.56. The first-order valence-electron chi connectivity index (χ1n) is 7.66. The van der Waals surface area contributed by atoms with Crippen LogP contribution in [0.3, 0.4) is 0 Å². The summed E-state index contributed by atoms with van der Waals surface area (Å²) in [5, 5.41) is 0. The zero-order valence-electron chi connectivity index (χ0n) is 14.1. The van der Waals surface area contributed by atoms with E-state index >= 15 is 0 Å². The van der Waals surface area contributed by atoms with Gasteiger partial charge in [0.2, 0.25) is 0 Å². The molecule has 0 saturated carbocycles. The lowest BCUT2D eigenvalue weighted by molar-refractivity contribution is -0.165. The molecule has 136 valence electrons. The van der Waals surface area contributed by atoms with Crippen molar-refractivity contribution in [3.63, 3.8) is 0 Å². The van der Waals surface area contributed by atoms with E-state index in [2.05, 4.69) is 0 Å². The number of carbonyl (C=O) groups excluding carboxylic acids is 3. The second kappa shape index (κ2) is 8.06. The summed E-state index contributed by atoms with van der Waals surface area (Å²) in [4.78, 5) is 34.0. The first-order chi connectivity index (χ1) is 11.8. The molecule has 1 aliphatic rings. The molecule has 0 aromatic heterocycles. The monoisotopic (exact) mass is 354 g/mol. The topological polar surface area (TPSA) is 88.1 Å². The van der Waals surface area contributed by atoms with Crippen LogP contribution in [-0.4, -0.2) is 42.8 Å². The van der Waals surface area contributed by atoms with Gasteiger partial charge in [-0.15, -0.1) is 0 Å². The first-order valence-corrected chi connectivity index (χ1v) is 7.66. The molecule has 1 fully saturated rings. The van der Waals surface area contributed by atoms with Crippen LogP contribution in [0.2, 0.25) is 0 Å². The van der Waals surface area contributed by atoms with Crippen molar-refractivity contribution in [3.05, 3.63) is 35.6 Å². The number of carbonyl (C=O) groups is 3. The van der Waals surface area contributed by atoms with Gasteiger partial charge < -0.3 is 18.9 Å². The van der Waals surface area contributed by atoms with E-state index in [1.807, 2.05) is 0 Å². The second-order valence-corrected chi connectivity index (χ2v) is 5.60. The molecule has 1 aromatic carbocycles. The number of rotatable bonds is 5. The number of benzene rings is 1. The van der Waals surface area contributed by atoms with Crippen LogP contribution >= 0.6 is 0 Å². The number of ether oxygens (including phenoxy) is 4. The number of hydrogen-bond donors (Lipinski definition) is 0. The van der Waals surface area contributed by atoms with Crippen molar-refractivity contribution in [2.75, 3.05) is 6.61 Å². The van der Waals surface area contributed by atoms with Gasteiger partial charge in [0.15, 0.2) is 12.2 Å². The van der Waals surface area contributed by atoms with Gasteiger partial charge in [-0.2, -0.15) is 0 Å².